The normalized spacial score (nSPS) is 16.3. The van der Waals surface area contributed by atoms with E-state index in [2.05, 4.69) is 10.1 Å². The summed E-state index contributed by atoms with van der Waals surface area (Å²) in [7, 11) is 1.65. The number of urea groups is 1. The average Bonchev–Trinajstić information content (AvgIpc) is 2.42. The van der Waals surface area contributed by atoms with Gasteiger partial charge < -0.3 is 19.7 Å². The molecule has 1 aromatic rings. The summed E-state index contributed by atoms with van der Waals surface area (Å²) in [5.74, 6) is 0.499. The molecule has 7 heteroatoms. The molecule has 0 bridgehead atoms. The lowest BCUT2D eigenvalue weighted by Gasteiger charge is -2.39. The molecule has 1 N–H and O–H groups in total. The molecule has 2 amide bonds. The standard InChI is InChI=1S/C15H20F2N2O3/c1-10(12-3-5-13(6-4-12)22-14(16)17)18-15(20)19-7-11(8-19)9-21-2/h3-6,10-11,14H,7-9H2,1-2H3,(H,18,20)/t10-/m0/s1. The fourth-order valence-electron chi connectivity index (χ4n) is 2.37. The van der Waals surface area contributed by atoms with Crippen molar-refractivity contribution in [3.63, 3.8) is 0 Å². The Balaban J connectivity index is 1.82. The predicted octanol–water partition coefficient (Wildman–Crippen LogP) is 2.64. The zero-order chi connectivity index (χ0) is 16.1. The van der Waals surface area contributed by atoms with Crippen molar-refractivity contribution in [1.29, 1.82) is 0 Å². The van der Waals surface area contributed by atoms with E-state index in [9.17, 15) is 13.6 Å². The molecular weight excluding hydrogens is 294 g/mol. The molecule has 1 atom stereocenters. The number of carbonyl (C=O) groups is 1. The van der Waals surface area contributed by atoms with E-state index in [1.54, 1.807) is 24.1 Å². The van der Waals surface area contributed by atoms with Crippen LogP contribution in [0, 0.1) is 5.92 Å². The Labute approximate surface area is 128 Å². The Hall–Kier alpha value is -1.89. The molecule has 122 valence electrons. The lowest BCUT2D eigenvalue weighted by Crippen LogP contribution is -2.55. The van der Waals surface area contributed by atoms with Gasteiger partial charge in [0.05, 0.1) is 12.6 Å². The van der Waals surface area contributed by atoms with E-state index in [1.807, 2.05) is 6.92 Å². The minimum Gasteiger partial charge on any atom is -0.435 e. The Morgan fingerprint density at radius 1 is 1.36 bits per heavy atom. The zero-order valence-electron chi connectivity index (χ0n) is 12.6. The van der Waals surface area contributed by atoms with Gasteiger partial charge in [0, 0.05) is 26.1 Å². The van der Waals surface area contributed by atoms with E-state index in [4.69, 9.17) is 4.74 Å². The van der Waals surface area contributed by atoms with Crippen LogP contribution >= 0.6 is 0 Å². The molecule has 1 aliphatic heterocycles. The summed E-state index contributed by atoms with van der Waals surface area (Å²) in [6.45, 7) is 1.04. The highest BCUT2D eigenvalue weighted by atomic mass is 19.3. The number of alkyl halides is 2. The molecule has 0 spiro atoms. The Morgan fingerprint density at radius 3 is 2.55 bits per heavy atom. The van der Waals surface area contributed by atoms with Gasteiger partial charge in [-0.05, 0) is 24.6 Å². The third-order valence-electron chi connectivity index (χ3n) is 3.59. The molecule has 0 aromatic heterocycles. The van der Waals surface area contributed by atoms with Gasteiger partial charge in [-0.25, -0.2) is 4.79 Å². The van der Waals surface area contributed by atoms with Crippen molar-refractivity contribution < 1.29 is 23.0 Å². The molecule has 0 saturated carbocycles. The van der Waals surface area contributed by atoms with Gasteiger partial charge in [0.15, 0.2) is 0 Å². The zero-order valence-corrected chi connectivity index (χ0v) is 12.6. The number of methoxy groups -OCH3 is 1. The Bertz CT molecular complexity index is 490. The molecule has 5 nitrogen and oxygen atoms in total. The van der Waals surface area contributed by atoms with Crippen LogP contribution in [0.1, 0.15) is 18.5 Å². The molecule has 0 radical (unpaired) electrons. The number of nitrogens with zero attached hydrogens (tertiary/aromatic N) is 1. The van der Waals surface area contributed by atoms with Crippen molar-refractivity contribution in [2.24, 2.45) is 5.92 Å². The van der Waals surface area contributed by atoms with Gasteiger partial charge in [0.2, 0.25) is 0 Å². The SMILES string of the molecule is COCC1CN(C(=O)N[C@@H](C)c2ccc(OC(F)F)cc2)C1. The quantitative estimate of drug-likeness (QED) is 0.878. The fraction of sp³-hybridized carbons (Fsp3) is 0.533. The van der Waals surface area contributed by atoms with Gasteiger partial charge in [-0.2, -0.15) is 8.78 Å². The van der Waals surface area contributed by atoms with Gasteiger partial charge in [0.1, 0.15) is 5.75 Å². The van der Waals surface area contributed by atoms with Crippen LogP contribution in [0.2, 0.25) is 0 Å². The van der Waals surface area contributed by atoms with E-state index in [-0.39, 0.29) is 17.8 Å². The Morgan fingerprint density at radius 2 is 2.00 bits per heavy atom. The summed E-state index contributed by atoms with van der Waals surface area (Å²) in [6, 6.07) is 5.89. The number of ether oxygens (including phenoxy) is 2. The van der Waals surface area contributed by atoms with E-state index >= 15 is 0 Å². The average molecular weight is 314 g/mol. The van der Waals surface area contributed by atoms with Crippen LogP contribution < -0.4 is 10.1 Å². The second kappa shape index (κ2) is 7.40. The molecule has 0 unspecified atom stereocenters. The highest BCUT2D eigenvalue weighted by molar-refractivity contribution is 5.75. The summed E-state index contributed by atoms with van der Waals surface area (Å²) < 4.78 is 33.5. The number of hydrogen-bond acceptors (Lipinski definition) is 3. The number of likely N-dealkylation sites (tertiary alicyclic amines) is 1. The third kappa shape index (κ3) is 4.30. The third-order valence-corrected chi connectivity index (χ3v) is 3.59. The van der Waals surface area contributed by atoms with Crippen molar-refractivity contribution in [1.82, 2.24) is 10.2 Å². The lowest BCUT2D eigenvalue weighted by molar-refractivity contribution is -0.0498. The first-order valence-electron chi connectivity index (χ1n) is 7.08. The number of hydrogen-bond donors (Lipinski definition) is 1. The minimum atomic E-state index is -2.84. The maximum Gasteiger partial charge on any atom is 0.387 e. The molecule has 1 aliphatic rings. The molecule has 22 heavy (non-hydrogen) atoms. The predicted molar refractivity (Wildman–Crippen MR) is 77.0 cm³/mol. The van der Waals surface area contributed by atoms with Crippen LogP contribution in [0.3, 0.4) is 0 Å². The van der Waals surface area contributed by atoms with Crippen molar-refractivity contribution in [3.8, 4) is 5.75 Å². The minimum absolute atomic E-state index is 0.0995. The van der Waals surface area contributed by atoms with Crippen molar-refractivity contribution in [2.75, 3.05) is 26.8 Å². The number of benzene rings is 1. The lowest BCUT2D eigenvalue weighted by atomic mass is 10.0. The van der Waals surface area contributed by atoms with Crippen LogP contribution in [-0.4, -0.2) is 44.3 Å². The van der Waals surface area contributed by atoms with Gasteiger partial charge in [-0.3, -0.25) is 0 Å². The van der Waals surface area contributed by atoms with Gasteiger partial charge in [0.25, 0.3) is 0 Å². The first-order chi connectivity index (χ1) is 10.5. The molecule has 1 aromatic carbocycles. The molecular formula is C15H20F2N2O3. The topological polar surface area (TPSA) is 50.8 Å². The number of rotatable bonds is 6. The second-order valence-corrected chi connectivity index (χ2v) is 5.35. The highest BCUT2D eigenvalue weighted by Crippen LogP contribution is 2.21. The van der Waals surface area contributed by atoms with E-state index < -0.39 is 6.61 Å². The number of nitrogens with one attached hydrogen (secondary N) is 1. The van der Waals surface area contributed by atoms with Crippen LogP contribution in [0.25, 0.3) is 0 Å². The maximum atomic E-state index is 12.1. The molecule has 1 heterocycles. The van der Waals surface area contributed by atoms with E-state index in [1.165, 1.54) is 12.1 Å². The van der Waals surface area contributed by atoms with E-state index in [0.717, 1.165) is 5.56 Å². The van der Waals surface area contributed by atoms with Gasteiger partial charge >= 0.3 is 12.6 Å². The molecule has 1 saturated heterocycles. The summed E-state index contributed by atoms with van der Waals surface area (Å²) in [4.78, 5) is 13.7. The van der Waals surface area contributed by atoms with Crippen molar-refractivity contribution in [2.45, 2.75) is 19.6 Å². The Kier molecular flexibility index (Phi) is 5.54. The van der Waals surface area contributed by atoms with E-state index in [0.29, 0.717) is 25.6 Å². The van der Waals surface area contributed by atoms with Gasteiger partial charge in [-0.1, -0.05) is 12.1 Å². The van der Waals surface area contributed by atoms with Crippen molar-refractivity contribution in [3.05, 3.63) is 29.8 Å². The number of carbonyl (C=O) groups excluding carboxylic acids is 1. The van der Waals surface area contributed by atoms with Crippen LogP contribution in [-0.2, 0) is 4.74 Å². The van der Waals surface area contributed by atoms with Crippen molar-refractivity contribution >= 4 is 6.03 Å². The smallest absolute Gasteiger partial charge is 0.387 e. The number of amides is 2. The maximum absolute atomic E-state index is 12.1. The largest absolute Gasteiger partial charge is 0.435 e. The van der Waals surface area contributed by atoms with Crippen LogP contribution in [0.4, 0.5) is 13.6 Å². The summed E-state index contributed by atoms with van der Waals surface area (Å²) >= 11 is 0. The summed E-state index contributed by atoms with van der Waals surface area (Å²) in [6.07, 6.45) is 0. The van der Waals surface area contributed by atoms with Gasteiger partial charge in [-0.15, -0.1) is 0 Å². The molecule has 1 fully saturated rings. The number of halogens is 2. The molecule has 0 aliphatic carbocycles. The fourth-order valence-corrected chi connectivity index (χ4v) is 2.37. The molecule has 2 rings (SSSR count). The summed E-state index contributed by atoms with van der Waals surface area (Å²) in [5, 5.41) is 2.88. The highest BCUT2D eigenvalue weighted by Gasteiger charge is 2.30. The van der Waals surface area contributed by atoms with Crippen LogP contribution in [0.15, 0.2) is 24.3 Å². The monoisotopic (exact) mass is 314 g/mol. The first kappa shape index (κ1) is 16.5. The first-order valence-corrected chi connectivity index (χ1v) is 7.08. The van der Waals surface area contributed by atoms with Crippen LogP contribution in [0.5, 0.6) is 5.75 Å². The second-order valence-electron chi connectivity index (χ2n) is 5.35. The summed E-state index contributed by atoms with van der Waals surface area (Å²) in [5.41, 5.74) is 0.823.